The van der Waals surface area contributed by atoms with Crippen molar-refractivity contribution in [1.82, 2.24) is 9.97 Å². The summed E-state index contributed by atoms with van der Waals surface area (Å²) in [6.07, 6.45) is 3.70. The molecule has 0 fully saturated rings. The second kappa shape index (κ2) is 8.04. The van der Waals surface area contributed by atoms with Gasteiger partial charge >= 0.3 is 0 Å². The lowest BCUT2D eigenvalue weighted by Gasteiger charge is -2.06. The SMILES string of the molecule is COCCOCCCCNc1ncnc2ccsc12. The molecule has 0 atom stereocenters. The third-order valence-electron chi connectivity index (χ3n) is 2.68. The molecule has 2 heterocycles. The van der Waals surface area contributed by atoms with Crippen LogP contribution in [0, 0.1) is 0 Å². The first-order chi connectivity index (χ1) is 9.42. The smallest absolute Gasteiger partial charge is 0.147 e. The van der Waals surface area contributed by atoms with Crippen LogP contribution in [0.3, 0.4) is 0 Å². The summed E-state index contributed by atoms with van der Waals surface area (Å²) in [5, 5.41) is 5.39. The highest BCUT2D eigenvalue weighted by Gasteiger charge is 2.03. The Morgan fingerprint density at radius 1 is 1.21 bits per heavy atom. The molecule has 0 spiro atoms. The summed E-state index contributed by atoms with van der Waals surface area (Å²) in [5.74, 6) is 0.931. The molecule has 0 radical (unpaired) electrons. The van der Waals surface area contributed by atoms with Crippen molar-refractivity contribution in [2.75, 3.05) is 38.8 Å². The molecule has 104 valence electrons. The summed E-state index contributed by atoms with van der Waals surface area (Å²) in [6.45, 7) is 3.02. The van der Waals surface area contributed by atoms with Crippen molar-refractivity contribution in [2.45, 2.75) is 12.8 Å². The fourth-order valence-electron chi connectivity index (χ4n) is 1.69. The molecule has 1 N–H and O–H groups in total. The van der Waals surface area contributed by atoms with Crippen LogP contribution < -0.4 is 5.32 Å². The van der Waals surface area contributed by atoms with Gasteiger partial charge in [0.05, 0.1) is 23.4 Å². The Labute approximate surface area is 117 Å². The Bertz CT molecular complexity index is 489. The van der Waals surface area contributed by atoms with Crippen LogP contribution in [0.4, 0.5) is 5.82 Å². The number of rotatable bonds is 9. The van der Waals surface area contributed by atoms with E-state index in [2.05, 4.69) is 15.3 Å². The molecule has 0 aliphatic carbocycles. The first kappa shape index (κ1) is 14.2. The number of hydrogen-bond donors (Lipinski definition) is 1. The zero-order valence-corrected chi connectivity index (χ0v) is 11.9. The van der Waals surface area contributed by atoms with Crippen molar-refractivity contribution >= 4 is 27.4 Å². The highest BCUT2D eigenvalue weighted by Crippen LogP contribution is 2.24. The minimum atomic E-state index is 0.662. The van der Waals surface area contributed by atoms with Gasteiger partial charge < -0.3 is 14.8 Å². The van der Waals surface area contributed by atoms with E-state index in [1.54, 1.807) is 24.8 Å². The molecule has 2 aromatic heterocycles. The summed E-state index contributed by atoms with van der Waals surface area (Å²) in [5.41, 5.74) is 1.00. The first-order valence-corrected chi connectivity index (χ1v) is 7.28. The van der Waals surface area contributed by atoms with Gasteiger partial charge in [0.1, 0.15) is 12.1 Å². The number of hydrogen-bond acceptors (Lipinski definition) is 6. The number of ether oxygens (including phenoxy) is 2. The maximum atomic E-state index is 5.41. The van der Waals surface area contributed by atoms with Crippen LogP contribution in [-0.4, -0.2) is 43.4 Å². The third kappa shape index (κ3) is 4.41. The van der Waals surface area contributed by atoms with Crippen LogP contribution in [0.1, 0.15) is 12.8 Å². The molecule has 5 nitrogen and oxygen atoms in total. The molecular formula is C13H19N3O2S. The van der Waals surface area contributed by atoms with Crippen LogP contribution in [0.25, 0.3) is 10.2 Å². The highest BCUT2D eigenvalue weighted by molar-refractivity contribution is 7.17. The van der Waals surface area contributed by atoms with Gasteiger partial charge in [0.15, 0.2) is 0 Å². The Morgan fingerprint density at radius 3 is 3.05 bits per heavy atom. The fourth-order valence-corrected chi connectivity index (χ4v) is 2.51. The van der Waals surface area contributed by atoms with E-state index < -0.39 is 0 Å². The van der Waals surface area contributed by atoms with E-state index in [4.69, 9.17) is 9.47 Å². The van der Waals surface area contributed by atoms with Crippen molar-refractivity contribution in [3.63, 3.8) is 0 Å². The maximum Gasteiger partial charge on any atom is 0.147 e. The molecule has 2 rings (SSSR count). The number of nitrogens with one attached hydrogen (secondary N) is 1. The van der Waals surface area contributed by atoms with E-state index in [0.29, 0.717) is 13.2 Å². The molecule has 0 aliphatic rings. The van der Waals surface area contributed by atoms with Gasteiger partial charge in [-0.25, -0.2) is 9.97 Å². The number of anilines is 1. The number of thiophene rings is 1. The summed E-state index contributed by atoms with van der Waals surface area (Å²) < 4.78 is 11.4. The Balaban J connectivity index is 1.64. The Hall–Kier alpha value is -1.24. The lowest BCUT2D eigenvalue weighted by atomic mass is 10.3. The third-order valence-corrected chi connectivity index (χ3v) is 3.59. The molecule has 2 aromatic rings. The molecule has 0 saturated heterocycles. The molecule has 0 bridgehead atoms. The zero-order chi connectivity index (χ0) is 13.3. The minimum absolute atomic E-state index is 0.662. The molecule has 19 heavy (non-hydrogen) atoms. The molecule has 0 saturated carbocycles. The average molecular weight is 281 g/mol. The summed E-state index contributed by atoms with van der Waals surface area (Å²) >= 11 is 1.67. The molecule has 0 aliphatic heterocycles. The van der Waals surface area contributed by atoms with E-state index in [1.165, 1.54) is 0 Å². The largest absolute Gasteiger partial charge is 0.382 e. The van der Waals surface area contributed by atoms with E-state index in [9.17, 15) is 0 Å². The van der Waals surface area contributed by atoms with Crippen LogP contribution in [0.15, 0.2) is 17.8 Å². The number of nitrogens with zero attached hydrogens (tertiary/aromatic N) is 2. The van der Waals surface area contributed by atoms with Crippen molar-refractivity contribution in [1.29, 1.82) is 0 Å². The van der Waals surface area contributed by atoms with Gasteiger partial charge in [0, 0.05) is 20.3 Å². The van der Waals surface area contributed by atoms with E-state index in [-0.39, 0.29) is 0 Å². The van der Waals surface area contributed by atoms with Gasteiger partial charge in [-0.1, -0.05) is 0 Å². The van der Waals surface area contributed by atoms with E-state index in [1.807, 2.05) is 11.4 Å². The number of methoxy groups -OCH3 is 1. The summed E-state index contributed by atoms with van der Waals surface area (Å²) in [7, 11) is 1.68. The number of unbranched alkanes of at least 4 members (excludes halogenated alkanes) is 1. The lowest BCUT2D eigenvalue weighted by Crippen LogP contribution is -2.07. The molecular weight excluding hydrogens is 262 g/mol. The second-order valence-corrected chi connectivity index (χ2v) is 5.01. The highest BCUT2D eigenvalue weighted by atomic mass is 32.1. The summed E-state index contributed by atoms with van der Waals surface area (Å²) in [4.78, 5) is 8.49. The van der Waals surface area contributed by atoms with Gasteiger partial charge in [-0.15, -0.1) is 11.3 Å². The maximum absolute atomic E-state index is 5.41. The van der Waals surface area contributed by atoms with Crippen molar-refractivity contribution in [2.24, 2.45) is 0 Å². The lowest BCUT2D eigenvalue weighted by molar-refractivity contribution is 0.0691. The normalized spacial score (nSPS) is 11.0. The predicted octanol–water partition coefficient (Wildman–Crippen LogP) is 2.55. The number of fused-ring (bicyclic) bond motifs is 1. The van der Waals surface area contributed by atoms with Crippen LogP contribution in [0.5, 0.6) is 0 Å². The van der Waals surface area contributed by atoms with Gasteiger partial charge in [-0.05, 0) is 24.3 Å². The molecule has 6 heteroatoms. The van der Waals surface area contributed by atoms with Crippen LogP contribution >= 0.6 is 11.3 Å². The van der Waals surface area contributed by atoms with Crippen LogP contribution in [0.2, 0.25) is 0 Å². The average Bonchev–Trinajstić information content (AvgIpc) is 2.91. The van der Waals surface area contributed by atoms with Gasteiger partial charge in [-0.2, -0.15) is 0 Å². The Morgan fingerprint density at radius 2 is 2.16 bits per heavy atom. The van der Waals surface area contributed by atoms with Gasteiger partial charge in [0.2, 0.25) is 0 Å². The molecule has 0 unspecified atom stereocenters. The standard InChI is InChI=1S/C13H19N3O2S/c1-17-7-8-18-6-3-2-5-14-13-12-11(4-9-19-12)15-10-16-13/h4,9-10H,2-3,5-8H2,1H3,(H,14,15,16). The van der Waals surface area contributed by atoms with E-state index >= 15 is 0 Å². The van der Waals surface area contributed by atoms with Gasteiger partial charge in [0.25, 0.3) is 0 Å². The van der Waals surface area contributed by atoms with Crippen molar-refractivity contribution < 1.29 is 9.47 Å². The van der Waals surface area contributed by atoms with Crippen molar-refractivity contribution in [3.8, 4) is 0 Å². The predicted molar refractivity (Wildman–Crippen MR) is 77.8 cm³/mol. The quantitative estimate of drug-likeness (QED) is 0.716. The minimum Gasteiger partial charge on any atom is -0.382 e. The second-order valence-electron chi connectivity index (χ2n) is 4.10. The fraction of sp³-hybridized carbons (Fsp3) is 0.538. The van der Waals surface area contributed by atoms with Gasteiger partial charge in [-0.3, -0.25) is 0 Å². The van der Waals surface area contributed by atoms with Crippen molar-refractivity contribution in [3.05, 3.63) is 17.8 Å². The van der Waals surface area contributed by atoms with E-state index in [0.717, 1.165) is 42.0 Å². The summed E-state index contributed by atoms with van der Waals surface area (Å²) in [6, 6.07) is 2.01. The zero-order valence-electron chi connectivity index (χ0n) is 11.1. The number of aromatic nitrogens is 2. The molecule has 0 amide bonds. The Kier molecular flexibility index (Phi) is 6.00. The topological polar surface area (TPSA) is 56.3 Å². The monoisotopic (exact) mass is 281 g/mol. The molecule has 0 aromatic carbocycles. The van der Waals surface area contributed by atoms with Crippen LogP contribution in [-0.2, 0) is 9.47 Å². The first-order valence-electron chi connectivity index (χ1n) is 6.40.